The van der Waals surface area contributed by atoms with Crippen LogP contribution >= 0.6 is 0 Å². The number of rotatable bonds is 8. The zero-order valence-corrected chi connectivity index (χ0v) is 15.4. The van der Waals surface area contributed by atoms with E-state index in [-0.39, 0.29) is 11.4 Å². The topological polar surface area (TPSA) is 99.5 Å². The second kappa shape index (κ2) is 7.94. The SMILES string of the molecule is CCCCOc1c(OC)cc(-c2nc3ccc(OC)cc3[nH]2)cc1[N+](=O)[O-]. The van der Waals surface area contributed by atoms with Crippen LogP contribution in [0.25, 0.3) is 22.4 Å². The summed E-state index contributed by atoms with van der Waals surface area (Å²) in [5.41, 5.74) is 1.89. The van der Waals surface area contributed by atoms with E-state index in [4.69, 9.17) is 14.2 Å². The molecule has 0 amide bonds. The Bertz CT molecular complexity index is 967. The number of H-pyrrole nitrogens is 1. The molecular formula is C19H21N3O5. The molecule has 0 aliphatic carbocycles. The molecule has 0 bridgehead atoms. The standard InChI is InChI=1S/C19H21N3O5/c1-4-5-8-27-18-16(22(23)24)9-12(10-17(18)26-3)19-20-14-7-6-13(25-2)11-15(14)21-19/h6-7,9-11H,4-5,8H2,1-3H3,(H,20,21). The van der Waals surface area contributed by atoms with Crippen LogP contribution in [0.4, 0.5) is 5.69 Å². The maximum absolute atomic E-state index is 11.6. The molecule has 0 fully saturated rings. The summed E-state index contributed by atoms with van der Waals surface area (Å²) in [4.78, 5) is 18.8. The van der Waals surface area contributed by atoms with Crippen LogP contribution in [0.3, 0.4) is 0 Å². The predicted molar refractivity (Wildman–Crippen MR) is 102 cm³/mol. The zero-order chi connectivity index (χ0) is 19.4. The molecule has 0 aliphatic rings. The highest BCUT2D eigenvalue weighted by Gasteiger charge is 2.24. The Balaban J connectivity index is 2.07. The van der Waals surface area contributed by atoms with Crippen LogP contribution in [0.5, 0.6) is 17.2 Å². The molecule has 8 heteroatoms. The van der Waals surface area contributed by atoms with Crippen LogP contribution in [0.2, 0.25) is 0 Å². The molecule has 0 radical (unpaired) electrons. The number of aromatic amines is 1. The minimum Gasteiger partial charge on any atom is -0.497 e. The van der Waals surface area contributed by atoms with Crippen LogP contribution in [-0.4, -0.2) is 35.7 Å². The second-order valence-corrected chi connectivity index (χ2v) is 5.95. The maximum atomic E-state index is 11.6. The van der Waals surface area contributed by atoms with E-state index in [0.29, 0.717) is 29.5 Å². The quantitative estimate of drug-likeness (QED) is 0.359. The molecule has 0 atom stereocenters. The molecule has 0 saturated heterocycles. The molecule has 2 aromatic carbocycles. The number of hydrogen-bond acceptors (Lipinski definition) is 6. The van der Waals surface area contributed by atoms with Crippen LogP contribution in [0.1, 0.15) is 19.8 Å². The predicted octanol–water partition coefficient (Wildman–Crippen LogP) is 4.33. The zero-order valence-electron chi connectivity index (χ0n) is 15.4. The molecule has 1 heterocycles. The molecule has 0 aliphatic heterocycles. The first-order valence-electron chi connectivity index (χ1n) is 8.60. The molecule has 8 nitrogen and oxygen atoms in total. The molecule has 3 rings (SSSR count). The number of ether oxygens (including phenoxy) is 3. The summed E-state index contributed by atoms with van der Waals surface area (Å²) in [5, 5.41) is 11.6. The number of benzene rings is 2. The Morgan fingerprint density at radius 3 is 2.67 bits per heavy atom. The van der Waals surface area contributed by atoms with Crippen molar-refractivity contribution in [2.45, 2.75) is 19.8 Å². The summed E-state index contributed by atoms with van der Waals surface area (Å²) >= 11 is 0. The number of hydrogen-bond donors (Lipinski definition) is 1. The smallest absolute Gasteiger partial charge is 0.315 e. The number of fused-ring (bicyclic) bond motifs is 1. The van der Waals surface area contributed by atoms with Crippen LogP contribution in [0, 0.1) is 10.1 Å². The highest BCUT2D eigenvalue weighted by atomic mass is 16.6. The Kier molecular flexibility index (Phi) is 5.44. The van der Waals surface area contributed by atoms with Gasteiger partial charge in [-0.3, -0.25) is 10.1 Å². The van der Waals surface area contributed by atoms with Crippen molar-refractivity contribution < 1.29 is 19.1 Å². The fourth-order valence-corrected chi connectivity index (χ4v) is 2.73. The molecule has 142 valence electrons. The van der Waals surface area contributed by atoms with E-state index in [9.17, 15) is 10.1 Å². The number of imidazole rings is 1. The first-order valence-corrected chi connectivity index (χ1v) is 8.60. The van der Waals surface area contributed by atoms with Gasteiger partial charge in [-0.05, 0) is 24.6 Å². The number of unbranched alkanes of at least 4 members (excludes halogenated alkanes) is 1. The van der Waals surface area contributed by atoms with E-state index in [1.54, 1.807) is 19.2 Å². The van der Waals surface area contributed by atoms with Crippen LogP contribution in [-0.2, 0) is 0 Å². The van der Waals surface area contributed by atoms with Crippen molar-refractivity contribution >= 4 is 16.7 Å². The van der Waals surface area contributed by atoms with E-state index < -0.39 is 4.92 Å². The number of nitro groups is 1. The minimum absolute atomic E-state index is 0.137. The molecule has 3 aromatic rings. The third kappa shape index (κ3) is 3.79. The molecule has 1 aromatic heterocycles. The molecule has 0 spiro atoms. The van der Waals surface area contributed by atoms with E-state index in [1.807, 2.05) is 19.1 Å². The molecule has 27 heavy (non-hydrogen) atoms. The van der Waals surface area contributed by atoms with Gasteiger partial charge >= 0.3 is 5.69 Å². The molecule has 0 unspecified atom stereocenters. The van der Waals surface area contributed by atoms with Gasteiger partial charge in [-0.1, -0.05) is 13.3 Å². The number of nitrogens with zero attached hydrogens (tertiary/aromatic N) is 2. The summed E-state index contributed by atoms with van der Waals surface area (Å²) in [6, 6.07) is 8.57. The number of nitrogens with one attached hydrogen (secondary N) is 1. The van der Waals surface area contributed by atoms with Crippen LogP contribution in [0.15, 0.2) is 30.3 Å². The monoisotopic (exact) mass is 371 g/mol. The Morgan fingerprint density at radius 2 is 2.00 bits per heavy atom. The van der Waals surface area contributed by atoms with Crippen LogP contribution < -0.4 is 14.2 Å². The summed E-state index contributed by atoms with van der Waals surface area (Å²) < 4.78 is 16.2. The Labute approximate surface area is 156 Å². The van der Waals surface area contributed by atoms with Gasteiger partial charge in [0.05, 0.1) is 36.8 Å². The summed E-state index contributed by atoms with van der Waals surface area (Å²) in [6.45, 7) is 2.41. The molecule has 1 N–H and O–H groups in total. The summed E-state index contributed by atoms with van der Waals surface area (Å²) in [7, 11) is 3.04. The Hall–Kier alpha value is -3.29. The third-order valence-corrected chi connectivity index (χ3v) is 4.16. The van der Waals surface area contributed by atoms with Crippen molar-refractivity contribution in [2.24, 2.45) is 0 Å². The lowest BCUT2D eigenvalue weighted by Crippen LogP contribution is -2.03. The van der Waals surface area contributed by atoms with Gasteiger partial charge in [0.2, 0.25) is 5.75 Å². The number of nitro benzene ring substituents is 1. The Morgan fingerprint density at radius 1 is 1.19 bits per heavy atom. The average Bonchev–Trinajstić information content (AvgIpc) is 3.10. The highest BCUT2D eigenvalue weighted by Crippen LogP contribution is 2.41. The van der Waals surface area contributed by atoms with Gasteiger partial charge in [-0.15, -0.1) is 0 Å². The van der Waals surface area contributed by atoms with Gasteiger partial charge in [-0.2, -0.15) is 0 Å². The van der Waals surface area contributed by atoms with Gasteiger partial charge < -0.3 is 19.2 Å². The molecule has 0 saturated carbocycles. The number of methoxy groups -OCH3 is 2. The van der Waals surface area contributed by atoms with Crippen molar-refractivity contribution in [1.82, 2.24) is 9.97 Å². The highest BCUT2D eigenvalue weighted by molar-refractivity contribution is 5.82. The van der Waals surface area contributed by atoms with Gasteiger partial charge in [0.1, 0.15) is 11.6 Å². The molecular weight excluding hydrogens is 350 g/mol. The van der Waals surface area contributed by atoms with E-state index in [2.05, 4.69) is 9.97 Å². The summed E-state index contributed by atoms with van der Waals surface area (Å²) in [6.07, 6.45) is 1.73. The largest absolute Gasteiger partial charge is 0.497 e. The fourth-order valence-electron chi connectivity index (χ4n) is 2.73. The fraction of sp³-hybridized carbons (Fsp3) is 0.316. The van der Waals surface area contributed by atoms with Crippen molar-refractivity contribution in [1.29, 1.82) is 0 Å². The lowest BCUT2D eigenvalue weighted by Gasteiger charge is -2.12. The summed E-state index contributed by atoms with van der Waals surface area (Å²) in [5.74, 6) is 1.63. The average molecular weight is 371 g/mol. The van der Waals surface area contributed by atoms with Gasteiger partial charge in [0, 0.05) is 17.7 Å². The lowest BCUT2D eigenvalue weighted by molar-refractivity contribution is -0.385. The van der Waals surface area contributed by atoms with E-state index in [1.165, 1.54) is 13.2 Å². The van der Waals surface area contributed by atoms with E-state index >= 15 is 0 Å². The van der Waals surface area contributed by atoms with Crippen molar-refractivity contribution in [3.05, 3.63) is 40.4 Å². The van der Waals surface area contributed by atoms with Crippen molar-refractivity contribution in [2.75, 3.05) is 20.8 Å². The van der Waals surface area contributed by atoms with Gasteiger partial charge in [0.25, 0.3) is 0 Å². The van der Waals surface area contributed by atoms with Gasteiger partial charge in [0.15, 0.2) is 5.75 Å². The second-order valence-electron chi connectivity index (χ2n) is 5.95. The maximum Gasteiger partial charge on any atom is 0.315 e. The minimum atomic E-state index is -0.473. The van der Waals surface area contributed by atoms with Crippen molar-refractivity contribution in [3.63, 3.8) is 0 Å². The first kappa shape index (κ1) is 18.5. The third-order valence-electron chi connectivity index (χ3n) is 4.16. The first-order chi connectivity index (χ1) is 13.1. The number of aromatic nitrogens is 2. The van der Waals surface area contributed by atoms with Crippen molar-refractivity contribution in [3.8, 4) is 28.6 Å². The van der Waals surface area contributed by atoms with E-state index in [0.717, 1.165) is 23.9 Å². The van der Waals surface area contributed by atoms with Gasteiger partial charge in [-0.25, -0.2) is 4.98 Å². The normalized spacial score (nSPS) is 10.8. The lowest BCUT2D eigenvalue weighted by atomic mass is 10.1.